The van der Waals surface area contributed by atoms with Crippen molar-refractivity contribution in [1.82, 2.24) is 4.90 Å². The maximum atomic E-state index is 12.0. The second-order valence-corrected chi connectivity index (χ2v) is 7.41. The molecule has 1 amide bonds. The number of rotatable bonds is 5. The molecular weight excluding hydrogens is 310 g/mol. The summed E-state index contributed by atoms with van der Waals surface area (Å²) >= 11 is 0. The average molecular weight is 327 g/mol. The first-order valence-corrected chi connectivity index (χ1v) is 8.53. The molecule has 7 nitrogen and oxygen atoms in total. The highest BCUT2D eigenvalue weighted by Crippen LogP contribution is 2.17. The Morgan fingerprint density at radius 2 is 2.14 bits per heavy atom. The quantitative estimate of drug-likeness (QED) is 0.840. The van der Waals surface area contributed by atoms with Gasteiger partial charge in [-0.1, -0.05) is 6.07 Å². The van der Waals surface area contributed by atoms with Crippen LogP contribution in [0.2, 0.25) is 0 Å². The van der Waals surface area contributed by atoms with Gasteiger partial charge in [0.1, 0.15) is 5.75 Å². The Balaban J connectivity index is 1.92. The molecule has 0 aliphatic carbocycles. The number of hydrogen-bond donors (Lipinski definition) is 1. The molecule has 1 fully saturated rings. The minimum absolute atomic E-state index is 0.0241. The van der Waals surface area contributed by atoms with Crippen LogP contribution < -0.4 is 4.74 Å². The largest absolute Gasteiger partial charge is 0.484 e. The van der Waals surface area contributed by atoms with E-state index in [0.29, 0.717) is 6.42 Å². The highest BCUT2D eigenvalue weighted by Gasteiger charge is 2.32. The molecule has 1 heterocycles. The zero-order valence-corrected chi connectivity index (χ0v) is 12.9. The van der Waals surface area contributed by atoms with Crippen LogP contribution in [0.3, 0.4) is 0 Å². The smallest absolute Gasteiger partial charge is 0.335 e. The molecule has 0 radical (unpaired) electrons. The van der Waals surface area contributed by atoms with Crippen molar-refractivity contribution in [3.05, 3.63) is 29.8 Å². The summed E-state index contributed by atoms with van der Waals surface area (Å²) in [6.07, 6.45) is 0.430. The summed E-state index contributed by atoms with van der Waals surface area (Å²) in [5.74, 6) is -1.07. The number of ether oxygens (including phenoxy) is 1. The average Bonchev–Trinajstić information content (AvgIpc) is 2.84. The summed E-state index contributed by atoms with van der Waals surface area (Å²) < 4.78 is 28.1. The van der Waals surface area contributed by atoms with E-state index in [1.54, 1.807) is 13.1 Å². The summed E-state index contributed by atoms with van der Waals surface area (Å²) in [5.41, 5.74) is 0.0696. The molecule has 0 unspecified atom stereocenters. The van der Waals surface area contributed by atoms with Gasteiger partial charge in [0.2, 0.25) is 0 Å². The van der Waals surface area contributed by atoms with Crippen molar-refractivity contribution in [1.29, 1.82) is 0 Å². The van der Waals surface area contributed by atoms with E-state index in [9.17, 15) is 18.0 Å². The van der Waals surface area contributed by atoms with E-state index in [-0.39, 0.29) is 41.4 Å². The third kappa shape index (κ3) is 3.97. The molecule has 1 atom stereocenters. The molecule has 22 heavy (non-hydrogen) atoms. The van der Waals surface area contributed by atoms with Gasteiger partial charge in [0.05, 0.1) is 17.1 Å². The van der Waals surface area contributed by atoms with Crippen LogP contribution in [0.4, 0.5) is 0 Å². The molecule has 0 saturated carbocycles. The van der Waals surface area contributed by atoms with Crippen molar-refractivity contribution in [2.24, 2.45) is 0 Å². The lowest BCUT2D eigenvalue weighted by Crippen LogP contribution is -2.40. The molecule has 0 bridgehead atoms. The summed E-state index contributed by atoms with van der Waals surface area (Å²) in [6.45, 7) is -0.268. The van der Waals surface area contributed by atoms with E-state index < -0.39 is 15.8 Å². The lowest BCUT2D eigenvalue weighted by atomic mass is 10.2. The molecule has 1 aromatic carbocycles. The van der Waals surface area contributed by atoms with Gasteiger partial charge in [-0.2, -0.15) is 0 Å². The van der Waals surface area contributed by atoms with Gasteiger partial charge in [0.15, 0.2) is 16.4 Å². The molecule has 1 aliphatic heterocycles. The Morgan fingerprint density at radius 1 is 1.41 bits per heavy atom. The number of likely N-dealkylation sites (N-methyl/N-ethyl adjacent to an activating group) is 1. The van der Waals surface area contributed by atoms with E-state index in [4.69, 9.17) is 9.84 Å². The van der Waals surface area contributed by atoms with Crippen LogP contribution in [0.25, 0.3) is 0 Å². The fraction of sp³-hybridized carbons (Fsp3) is 0.429. The van der Waals surface area contributed by atoms with Crippen LogP contribution in [0, 0.1) is 0 Å². The zero-order valence-electron chi connectivity index (χ0n) is 12.1. The number of nitrogens with zero attached hydrogens (tertiary/aromatic N) is 1. The fourth-order valence-corrected chi connectivity index (χ4v) is 4.02. The van der Waals surface area contributed by atoms with Crippen LogP contribution in [-0.2, 0) is 14.6 Å². The normalized spacial score (nSPS) is 19.6. The van der Waals surface area contributed by atoms with E-state index >= 15 is 0 Å². The van der Waals surface area contributed by atoms with Gasteiger partial charge in [-0.05, 0) is 24.6 Å². The van der Waals surface area contributed by atoms with Crippen molar-refractivity contribution in [3.8, 4) is 5.75 Å². The summed E-state index contributed by atoms with van der Waals surface area (Å²) in [7, 11) is -1.51. The molecule has 120 valence electrons. The third-order valence-electron chi connectivity index (χ3n) is 3.59. The summed E-state index contributed by atoms with van der Waals surface area (Å²) in [4.78, 5) is 24.3. The Labute approximate surface area is 128 Å². The molecule has 0 aromatic heterocycles. The molecule has 1 N–H and O–H groups in total. The van der Waals surface area contributed by atoms with Crippen LogP contribution in [0.15, 0.2) is 24.3 Å². The molecule has 1 saturated heterocycles. The standard InChI is InChI=1S/C14H17NO6S/c1-15(11-5-6-22(19,20)9-11)13(16)8-21-12-4-2-3-10(7-12)14(17)18/h2-4,7,11H,5-6,8-9H2,1H3,(H,17,18)/t11-/m1/s1. The first-order valence-electron chi connectivity index (χ1n) is 6.71. The number of sulfone groups is 1. The number of aromatic carboxylic acids is 1. The number of benzene rings is 1. The van der Waals surface area contributed by atoms with Crippen molar-refractivity contribution in [3.63, 3.8) is 0 Å². The maximum absolute atomic E-state index is 12.0. The molecule has 1 aromatic rings. The van der Waals surface area contributed by atoms with Gasteiger partial charge in [0, 0.05) is 13.1 Å². The lowest BCUT2D eigenvalue weighted by molar-refractivity contribution is -0.133. The SMILES string of the molecule is CN(C(=O)COc1cccc(C(=O)O)c1)[C@@H]1CCS(=O)(=O)C1. The predicted molar refractivity (Wildman–Crippen MR) is 78.7 cm³/mol. The van der Waals surface area contributed by atoms with Crippen LogP contribution in [0.1, 0.15) is 16.8 Å². The minimum atomic E-state index is -3.06. The van der Waals surface area contributed by atoms with Gasteiger partial charge in [-0.25, -0.2) is 13.2 Å². The van der Waals surface area contributed by atoms with Gasteiger partial charge in [0.25, 0.3) is 5.91 Å². The maximum Gasteiger partial charge on any atom is 0.335 e. The number of hydrogen-bond acceptors (Lipinski definition) is 5. The summed E-state index contributed by atoms with van der Waals surface area (Å²) in [6, 6.07) is 5.50. The number of carbonyl (C=O) groups is 2. The molecule has 8 heteroatoms. The number of carbonyl (C=O) groups excluding carboxylic acids is 1. The number of carboxylic acids is 1. The van der Waals surface area contributed by atoms with E-state index in [0.717, 1.165) is 0 Å². The van der Waals surface area contributed by atoms with E-state index in [2.05, 4.69) is 0 Å². The van der Waals surface area contributed by atoms with Gasteiger partial charge < -0.3 is 14.7 Å². The first kappa shape index (κ1) is 16.3. The molecule has 1 aliphatic rings. The predicted octanol–water partition coefficient (Wildman–Crippen LogP) is 0.409. The van der Waals surface area contributed by atoms with Gasteiger partial charge >= 0.3 is 5.97 Å². The Kier molecular flexibility index (Phi) is 4.70. The topological polar surface area (TPSA) is 101 Å². The first-order chi connectivity index (χ1) is 10.3. The zero-order chi connectivity index (χ0) is 16.3. The van der Waals surface area contributed by atoms with Crippen molar-refractivity contribution in [2.75, 3.05) is 25.2 Å². The second-order valence-electron chi connectivity index (χ2n) is 5.18. The Hall–Kier alpha value is -2.09. The van der Waals surface area contributed by atoms with Crippen LogP contribution in [0.5, 0.6) is 5.75 Å². The second kappa shape index (κ2) is 6.35. The molecule has 2 rings (SSSR count). The molecular formula is C14H17NO6S. The van der Waals surface area contributed by atoms with Crippen molar-refractivity contribution < 1.29 is 27.9 Å². The Morgan fingerprint density at radius 3 is 2.73 bits per heavy atom. The summed E-state index contributed by atoms with van der Waals surface area (Å²) in [5, 5.41) is 8.88. The van der Waals surface area contributed by atoms with Crippen molar-refractivity contribution in [2.45, 2.75) is 12.5 Å². The van der Waals surface area contributed by atoms with E-state index in [1.165, 1.54) is 23.1 Å². The van der Waals surface area contributed by atoms with E-state index in [1.807, 2.05) is 0 Å². The van der Waals surface area contributed by atoms with Gasteiger partial charge in [-0.3, -0.25) is 4.79 Å². The van der Waals surface area contributed by atoms with Crippen LogP contribution in [-0.4, -0.2) is 61.5 Å². The monoisotopic (exact) mass is 327 g/mol. The Bertz CT molecular complexity index is 684. The number of carboxylic acid groups (broad SMARTS) is 1. The van der Waals surface area contributed by atoms with Crippen LogP contribution >= 0.6 is 0 Å². The lowest BCUT2D eigenvalue weighted by Gasteiger charge is -2.23. The minimum Gasteiger partial charge on any atom is -0.484 e. The molecule has 0 spiro atoms. The third-order valence-corrected chi connectivity index (χ3v) is 5.34. The van der Waals surface area contributed by atoms with Gasteiger partial charge in [-0.15, -0.1) is 0 Å². The fourth-order valence-electron chi connectivity index (χ4n) is 2.25. The highest BCUT2D eigenvalue weighted by atomic mass is 32.2. The number of amides is 1. The van der Waals surface area contributed by atoms with Crippen molar-refractivity contribution >= 4 is 21.7 Å². The highest BCUT2D eigenvalue weighted by molar-refractivity contribution is 7.91.